The Labute approximate surface area is 79.7 Å². The molecule has 0 amide bonds. The third-order valence-corrected chi connectivity index (χ3v) is 2.11. The van der Waals surface area contributed by atoms with Crippen LogP contribution in [-0.4, -0.2) is 11.7 Å². The molecule has 0 aliphatic carbocycles. The van der Waals surface area contributed by atoms with Crippen LogP contribution in [0.2, 0.25) is 10.0 Å². The van der Waals surface area contributed by atoms with Gasteiger partial charge in [-0.05, 0) is 24.1 Å². The van der Waals surface area contributed by atoms with Crippen LogP contribution in [0.15, 0.2) is 12.1 Å². The molecule has 0 heterocycles. The standard InChI is InChI=1S/C8H7Cl2FO/c9-6-4-8(11)7(10)3-5(6)1-2-12/h3-4,12H,1-2H2. The highest BCUT2D eigenvalue weighted by molar-refractivity contribution is 6.33. The van der Waals surface area contributed by atoms with Crippen LogP contribution in [-0.2, 0) is 6.42 Å². The Bertz CT molecular complexity index is 289. The molecule has 0 aliphatic heterocycles. The van der Waals surface area contributed by atoms with Crippen LogP contribution in [0.4, 0.5) is 4.39 Å². The molecular formula is C8H7Cl2FO. The highest BCUT2D eigenvalue weighted by atomic mass is 35.5. The summed E-state index contributed by atoms with van der Waals surface area (Å²) in [7, 11) is 0. The number of rotatable bonds is 2. The van der Waals surface area contributed by atoms with Crippen molar-refractivity contribution < 1.29 is 9.50 Å². The van der Waals surface area contributed by atoms with E-state index < -0.39 is 5.82 Å². The summed E-state index contributed by atoms with van der Waals surface area (Å²) in [5.41, 5.74) is 0.658. The van der Waals surface area contributed by atoms with Crippen LogP contribution in [0.5, 0.6) is 0 Å². The van der Waals surface area contributed by atoms with E-state index in [2.05, 4.69) is 0 Å². The number of hydrogen-bond donors (Lipinski definition) is 1. The number of hydrogen-bond acceptors (Lipinski definition) is 1. The van der Waals surface area contributed by atoms with E-state index in [4.69, 9.17) is 28.3 Å². The predicted octanol–water partition coefficient (Wildman–Crippen LogP) is 2.67. The maximum absolute atomic E-state index is 12.7. The van der Waals surface area contributed by atoms with Crippen LogP contribution in [0.1, 0.15) is 5.56 Å². The summed E-state index contributed by atoms with van der Waals surface area (Å²) >= 11 is 11.2. The fraction of sp³-hybridized carbons (Fsp3) is 0.250. The molecule has 0 radical (unpaired) electrons. The van der Waals surface area contributed by atoms with Crippen molar-refractivity contribution in [3.05, 3.63) is 33.6 Å². The second kappa shape index (κ2) is 4.08. The minimum atomic E-state index is -0.539. The average Bonchev–Trinajstić information content (AvgIpc) is 2.01. The normalized spacial score (nSPS) is 10.3. The fourth-order valence-electron chi connectivity index (χ4n) is 0.876. The van der Waals surface area contributed by atoms with Crippen molar-refractivity contribution in [3.63, 3.8) is 0 Å². The molecule has 1 aromatic carbocycles. The Balaban J connectivity index is 3.05. The molecule has 0 aliphatic rings. The Kier molecular flexibility index (Phi) is 3.32. The second-order valence-corrected chi connectivity index (χ2v) is 3.15. The quantitative estimate of drug-likeness (QED) is 0.742. The van der Waals surface area contributed by atoms with Gasteiger partial charge in [0.1, 0.15) is 5.82 Å². The molecule has 0 fully saturated rings. The Morgan fingerprint density at radius 1 is 1.25 bits per heavy atom. The van der Waals surface area contributed by atoms with E-state index in [1.807, 2.05) is 0 Å². The van der Waals surface area contributed by atoms with Crippen molar-refractivity contribution in [3.8, 4) is 0 Å². The highest BCUT2D eigenvalue weighted by Crippen LogP contribution is 2.24. The highest BCUT2D eigenvalue weighted by Gasteiger charge is 2.05. The van der Waals surface area contributed by atoms with Gasteiger partial charge in [-0.15, -0.1) is 0 Å². The first-order chi connectivity index (χ1) is 5.65. The lowest BCUT2D eigenvalue weighted by Crippen LogP contribution is -1.92. The van der Waals surface area contributed by atoms with Crippen molar-refractivity contribution in [2.45, 2.75) is 6.42 Å². The SMILES string of the molecule is OCCc1cc(Cl)c(F)cc1Cl. The largest absolute Gasteiger partial charge is 0.396 e. The average molecular weight is 209 g/mol. The van der Waals surface area contributed by atoms with Gasteiger partial charge < -0.3 is 5.11 Å². The van der Waals surface area contributed by atoms with E-state index >= 15 is 0 Å². The molecule has 0 unspecified atom stereocenters. The molecule has 66 valence electrons. The molecule has 0 saturated carbocycles. The summed E-state index contributed by atoms with van der Waals surface area (Å²) in [5.74, 6) is -0.539. The molecular weight excluding hydrogens is 202 g/mol. The van der Waals surface area contributed by atoms with E-state index in [9.17, 15) is 4.39 Å². The second-order valence-electron chi connectivity index (χ2n) is 2.33. The fourth-order valence-corrected chi connectivity index (χ4v) is 1.31. The lowest BCUT2D eigenvalue weighted by molar-refractivity contribution is 0.299. The van der Waals surface area contributed by atoms with Gasteiger partial charge in [-0.2, -0.15) is 0 Å². The first kappa shape index (κ1) is 9.78. The molecule has 0 spiro atoms. The van der Waals surface area contributed by atoms with E-state index in [1.165, 1.54) is 6.07 Å². The lowest BCUT2D eigenvalue weighted by Gasteiger charge is -2.02. The first-order valence-electron chi connectivity index (χ1n) is 3.39. The maximum Gasteiger partial charge on any atom is 0.143 e. The summed E-state index contributed by atoms with van der Waals surface area (Å²) in [4.78, 5) is 0. The van der Waals surface area contributed by atoms with Gasteiger partial charge in [-0.25, -0.2) is 4.39 Å². The topological polar surface area (TPSA) is 20.2 Å². The number of benzene rings is 1. The van der Waals surface area contributed by atoms with E-state index in [0.29, 0.717) is 17.0 Å². The smallest absolute Gasteiger partial charge is 0.143 e. The Hall–Kier alpha value is -0.310. The van der Waals surface area contributed by atoms with Gasteiger partial charge in [0.2, 0.25) is 0 Å². The van der Waals surface area contributed by atoms with Crippen LogP contribution in [0.25, 0.3) is 0 Å². The Morgan fingerprint density at radius 2 is 1.92 bits per heavy atom. The third kappa shape index (κ3) is 2.09. The summed E-state index contributed by atoms with van der Waals surface area (Å²) < 4.78 is 12.7. The number of halogens is 3. The molecule has 0 bridgehead atoms. The summed E-state index contributed by atoms with van der Waals surface area (Å²) in [6, 6.07) is 2.57. The zero-order valence-corrected chi connectivity index (χ0v) is 7.66. The van der Waals surface area contributed by atoms with Crippen LogP contribution in [0, 0.1) is 5.82 Å². The molecule has 0 aromatic heterocycles. The lowest BCUT2D eigenvalue weighted by atomic mass is 10.1. The van der Waals surface area contributed by atoms with Crippen molar-refractivity contribution in [2.24, 2.45) is 0 Å². The molecule has 1 N–H and O–H groups in total. The van der Waals surface area contributed by atoms with Crippen LogP contribution < -0.4 is 0 Å². The minimum absolute atomic E-state index is 0.0261. The number of aliphatic hydroxyl groups excluding tert-OH is 1. The zero-order chi connectivity index (χ0) is 9.14. The molecule has 1 rings (SSSR count). The van der Waals surface area contributed by atoms with Gasteiger partial charge in [0, 0.05) is 11.6 Å². The third-order valence-electron chi connectivity index (χ3n) is 1.47. The van der Waals surface area contributed by atoms with Crippen LogP contribution in [0.3, 0.4) is 0 Å². The van der Waals surface area contributed by atoms with Crippen molar-refractivity contribution in [2.75, 3.05) is 6.61 Å². The maximum atomic E-state index is 12.7. The van der Waals surface area contributed by atoms with Gasteiger partial charge in [-0.3, -0.25) is 0 Å². The van der Waals surface area contributed by atoms with Gasteiger partial charge >= 0.3 is 0 Å². The summed E-state index contributed by atoms with van der Waals surface area (Å²) in [6.07, 6.45) is 0.388. The molecule has 0 saturated heterocycles. The van der Waals surface area contributed by atoms with Crippen molar-refractivity contribution in [1.29, 1.82) is 0 Å². The van der Waals surface area contributed by atoms with E-state index in [1.54, 1.807) is 0 Å². The molecule has 1 aromatic rings. The summed E-state index contributed by atoms with van der Waals surface area (Å²) in [6.45, 7) is -0.0261. The Morgan fingerprint density at radius 3 is 2.50 bits per heavy atom. The minimum Gasteiger partial charge on any atom is -0.396 e. The van der Waals surface area contributed by atoms with E-state index in [-0.39, 0.29) is 11.6 Å². The van der Waals surface area contributed by atoms with Crippen LogP contribution >= 0.6 is 23.2 Å². The molecule has 0 atom stereocenters. The van der Waals surface area contributed by atoms with E-state index in [0.717, 1.165) is 6.07 Å². The van der Waals surface area contributed by atoms with Gasteiger partial charge in [0.05, 0.1) is 5.02 Å². The molecule has 4 heteroatoms. The first-order valence-corrected chi connectivity index (χ1v) is 4.15. The predicted molar refractivity (Wildman–Crippen MR) is 47.2 cm³/mol. The van der Waals surface area contributed by atoms with Gasteiger partial charge in [-0.1, -0.05) is 23.2 Å². The monoisotopic (exact) mass is 208 g/mol. The zero-order valence-electron chi connectivity index (χ0n) is 6.15. The summed E-state index contributed by atoms with van der Waals surface area (Å²) in [5, 5.41) is 8.94. The van der Waals surface area contributed by atoms with Crippen molar-refractivity contribution in [1.82, 2.24) is 0 Å². The van der Waals surface area contributed by atoms with Gasteiger partial charge in [0.25, 0.3) is 0 Å². The molecule has 12 heavy (non-hydrogen) atoms. The number of aliphatic hydroxyl groups is 1. The van der Waals surface area contributed by atoms with Gasteiger partial charge in [0.15, 0.2) is 0 Å². The van der Waals surface area contributed by atoms with Crippen molar-refractivity contribution >= 4 is 23.2 Å². The molecule has 1 nitrogen and oxygen atoms in total.